The van der Waals surface area contributed by atoms with Crippen molar-refractivity contribution in [2.45, 2.75) is 76.9 Å². The highest BCUT2D eigenvalue weighted by Gasteiger charge is 2.25. The van der Waals surface area contributed by atoms with Gasteiger partial charge in [-0.15, -0.1) is 0 Å². The lowest BCUT2D eigenvalue weighted by atomic mass is 10.1. The number of nitrogens with zero attached hydrogens (tertiary/aromatic N) is 2. The fourth-order valence-corrected chi connectivity index (χ4v) is 4.44. The number of imidazole rings is 1. The lowest BCUT2D eigenvalue weighted by Gasteiger charge is -2.18. The van der Waals surface area contributed by atoms with Crippen molar-refractivity contribution in [1.82, 2.24) is 14.4 Å². The van der Waals surface area contributed by atoms with E-state index in [1.165, 1.54) is 19.3 Å². The zero-order chi connectivity index (χ0) is 20.2. The van der Waals surface area contributed by atoms with Crippen molar-refractivity contribution < 1.29 is 13.3 Å². The monoisotopic (exact) mass is 407 g/mol. The second-order valence-electron chi connectivity index (χ2n) is 7.16. The molecule has 1 N–H and O–H groups in total. The normalized spacial score (nSPS) is 12.8. The Hall–Kier alpha value is -1.86. The van der Waals surface area contributed by atoms with Crippen molar-refractivity contribution >= 4 is 10.0 Å². The van der Waals surface area contributed by atoms with E-state index in [0.717, 1.165) is 31.4 Å². The Morgan fingerprint density at radius 3 is 2.32 bits per heavy atom. The summed E-state index contributed by atoms with van der Waals surface area (Å²) >= 11 is 0. The van der Waals surface area contributed by atoms with Gasteiger partial charge < -0.3 is 9.40 Å². The average molecular weight is 408 g/mol. The molecule has 1 unspecified atom stereocenters. The summed E-state index contributed by atoms with van der Waals surface area (Å²) in [7, 11) is -3.53. The first kappa shape index (κ1) is 22.4. The SMILES string of the molecule is CCCCCCCC(CCCC)S(=O)(=O)NOc1ccc(-n2ccnc2)cc1. The number of nitrogens with one attached hydrogen (secondary N) is 1. The Morgan fingerprint density at radius 2 is 1.68 bits per heavy atom. The molecule has 0 aliphatic carbocycles. The number of aromatic nitrogens is 2. The van der Waals surface area contributed by atoms with E-state index in [2.05, 4.69) is 23.7 Å². The van der Waals surface area contributed by atoms with Crippen molar-refractivity contribution in [2.24, 2.45) is 0 Å². The minimum absolute atomic E-state index is 0.403. The zero-order valence-corrected chi connectivity index (χ0v) is 17.8. The quantitative estimate of drug-likeness (QED) is 0.353. The first-order valence-electron chi connectivity index (χ1n) is 10.3. The number of unbranched alkanes of at least 4 members (excludes halogenated alkanes) is 5. The first-order valence-corrected chi connectivity index (χ1v) is 11.9. The van der Waals surface area contributed by atoms with Crippen LogP contribution in [0.15, 0.2) is 43.0 Å². The van der Waals surface area contributed by atoms with Gasteiger partial charge in [-0.05, 0) is 42.0 Å². The smallest absolute Gasteiger partial charge is 0.245 e. The molecule has 0 aliphatic rings. The maximum atomic E-state index is 12.7. The lowest BCUT2D eigenvalue weighted by Crippen LogP contribution is -2.36. The van der Waals surface area contributed by atoms with Crippen LogP contribution in [-0.4, -0.2) is 23.2 Å². The molecule has 0 saturated carbocycles. The van der Waals surface area contributed by atoms with E-state index in [-0.39, 0.29) is 0 Å². The van der Waals surface area contributed by atoms with Crippen LogP contribution in [0.1, 0.15) is 71.6 Å². The topological polar surface area (TPSA) is 73.2 Å². The van der Waals surface area contributed by atoms with Crippen LogP contribution < -0.4 is 9.72 Å². The van der Waals surface area contributed by atoms with Gasteiger partial charge in [0.15, 0.2) is 0 Å². The maximum Gasteiger partial charge on any atom is 0.245 e. The standard InChI is InChI=1S/C21H33N3O3S/c1-3-5-7-8-9-11-21(10-6-4-2)28(25,26)23-27-20-14-12-19(13-15-20)24-17-16-22-18-24/h12-18,21,23H,3-11H2,1-2H3. The number of rotatable bonds is 14. The number of benzene rings is 1. The van der Waals surface area contributed by atoms with Gasteiger partial charge in [0.1, 0.15) is 5.75 Å². The Labute approximate surface area is 169 Å². The predicted octanol–water partition coefficient (Wildman–Crippen LogP) is 5.00. The molecule has 1 atom stereocenters. The molecule has 0 spiro atoms. The Bertz CT molecular complexity index is 759. The van der Waals surface area contributed by atoms with E-state index >= 15 is 0 Å². The van der Waals surface area contributed by atoms with Gasteiger partial charge in [-0.2, -0.15) is 0 Å². The summed E-state index contributed by atoms with van der Waals surface area (Å²) in [5.74, 6) is 0.463. The highest BCUT2D eigenvalue weighted by molar-refractivity contribution is 7.90. The largest absolute Gasteiger partial charge is 0.394 e. The highest BCUT2D eigenvalue weighted by atomic mass is 32.2. The Kier molecular flexibility index (Phi) is 9.50. The summed E-state index contributed by atoms with van der Waals surface area (Å²) < 4.78 is 27.3. The first-order chi connectivity index (χ1) is 13.6. The molecule has 28 heavy (non-hydrogen) atoms. The molecule has 0 amide bonds. The number of hydrogen-bond acceptors (Lipinski definition) is 4. The van der Waals surface area contributed by atoms with Gasteiger partial charge in [0.2, 0.25) is 10.0 Å². The van der Waals surface area contributed by atoms with Crippen LogP contribution in [0.3, 0.4) is 0 Å². The molecule has 0 aliphatic heterocycles. The van der Waals surface area contributed by atoms with Crippen LogP contribution in [0.4, 0.5) is 0 Å². The molecule has 2 rings (SSSR count). The molecule has 0 bridgehead atoms. The summed E-state index contributed by atoms with van der Waals surface area (Å²) in [6.45, 7) is 4.26. The van der Waals surface area contributed by atoms with Crippen molar-refractivity contribution in [3.63, 3.8) is 0 Å². The number of sulfonamides is 1. The summed E-state index contributed by atoms with van der Waals surface area (Å²) in [6.07, 6.45) is 14.1. The van der Waals surface area contributed by atoms with E-state index in [4.69, 9.17) is 4.84 Å². The molecule has 1 heterocycles. The van der Waals surface area contributed by atoms with Crippen LogP contribution in [0.5, 0.6) is 5.75 Å². The minimum Gasteiger partial charge on any atom is -0.394 e. The third-order valence-electron chi connectivity index (χ3n) is 4.86. The van der Waals surface area contributed by atoms with Gasteiger partial charge in [0, 0.05) is 18.1 Å². The molecule has 0 radical (unpaired) electrons. The van der Waals surface area contributed by atoms with Crippen LogP contribution in [0, 0.1) is 0 Å². The van der Waals surface area contributed by atoms with Crippen molar-refractivity contribution in [1.29, 1.82) is 0 Å². The summed E-state index contributed by atoms with van der Waals surface area (Å²) in [5, 5.41) is -0.403. The molecule has 7 heteroatoms. The van der Waals surface area contributed by atoms with Gasteiger partial charge in [0.25, 0.3) is 0 Å². The Balaban J connectivity index is 1.90. The molecule has 1 aromatic carbocycles. The van der Waals surface area contributed by atoms with Gasteiger partial charge in [-0.25, -0.2) is 13.4 Å². The fourth-order valence-electron chi connectivity index (χ4n) is 3.13. The van der Waals surface area contributed by atoms with E-state index in [0.29, 0.717) is 18.6 Å². The third-order valence-corrected chi connectivity index (χ3v) is 6.53. The van der Waals surface area contributed by atoms with Crippen LogP contribution in [-0.2, 0) is 10.0 Å². The molecule has 6 nitrogen and oxygen atoms in total. The third kappa shape index (κ3) is 7.28. The van der Waals surface area contributed by atoms with E-state index in [9.17, 15) is 8.42 Å². The van der Waals surface area contributed by atoms with E-state index in [1.807, 2.05) is 22.9 Å². The second kappa shape index (κ2) is 11.9. The molecule has 156 valence electrons. The predicted molar refractivity (Wildman–Crippen MR) is 113 cm³/mol. The molecule has 2 aromatic rings. The molecule has 1 aromatic heterocycles. The average Bonchev–Trinajstić information content (AvgIpc) is 3.23. The van der Waals surface area contributed by atoms with Gasteiger partial charge in [0.05, 0.1) is 11.6 Å². The van der Waals surface area contributed by atoms with Gasteiger partial charge >= 0.3 is 0 Å². The van der Waals surface area contributed by atoms with E-state index in [1.54, 1.807) is 24.7 Å². The Morgan fingerprint density at radius 1 is 1.00 bits per heavy atom. The lowest BCUT2D eigenvalue weighted by molar-refractivity contribution is 0.266. The molecular formula is C21H33N3O3S. The summed E-state index contributed by atoms with van der Waals surface area (Å²) in [4.78, 5) is 11.7. The van der Waals surface area contributed by atoms with Gasteiger partial charge in [-0.1, -0.05) is 58.8 Å². The number of hydrogen-bond donors (Lipinski definition) is 1. The molecular weight excluding hydrogens is 374 g/mol. The van der Waals surface area contributed by atoms with Crippen molar-refractivity contribution in [2.75, 3.05) is 0 Å². The minimum atomic E-state index is -3.53. The van der Waals surface area contributed by atoms with Gasteiger partial charge in [-0.3, -0.25) is 0 Å². The van der Waals surface area contributed by atoms with E-state index < -0.39 is 15.3 Å². The highest BCUT2D eigenvalue weighted by Crippen LogP contribution is 2.19. The zero-order valence-electron chi connectivity index (χ0n) is 17.0. The van der Waals surface area contributed by atoms with Crippen LogP contribution in [0.25, 0.3) is 5.69 Å². The van der Waals surface area contributed by atoms with Crippen molar-refractivity contribution in [3.8, 4) is 11.4 Å². The molecule has 0 saturated heterocycles. The summed E-state index contributed by atoms with van der Waals surface area (Å²) in [5.41, 5.74) is 0.931. The van der Waals surface area contributed by atoms with Crippen LogP contribution in [0.2, 0.25) is 0 Å². The molecule has 0 fully saturated rings. The maximum absolute atomic E-state index is 12.7. The fraction of sp³-hybridized carbons (Fsp3) is 0.571. The second-order valence-corrected chi connectivity index (χ2v) is 9.08. The summed E-state index contributed by atoms with van der Waals surface area (Å²) in [6, 6.07) is 7.19. The van der Waals surface area contributed by atoms with Crippen LogP contribution >= 0.6 is 0 Å². The van der Waals surface area contributed by atoms with Crippen molar-refractivity contribution in [3.05, 3.63) is 43.0 Å².